The molecule has 1 heterocycles. The van der Waals surface area contributed by atoms with Gasteiger partial charge in [-0.1, -0.05) is 17.7 Å². The summed E-state index contributed by atoms with van der Waals surface area (Å²) in [5.74, 6) is 0. The zero-order chi connectivity index (χ0) is 12.3. The molecule has 3 nitrogen and oxygen atoms in total. The largest absolute Gasteiger partial charge is 0.369 e. The van der Waals surface area contributed by atoms with Gasteiger partial charge in [0.25, 0.3) is 0 Å². The van der Waals surface area contributed by atoms with Crippen LogP contribution in [0.1, 0.15) is 11.1 Å². The van der Waals surface area contributed by atoms with Crippen molar-refractivity contribution >= 4 is 5.69 Å². The van der Waals surface area contributed by atoms with Gasteiger partial charge in [0.05, 0.1) is 0 Å². The van der Waals surface area contributed by atoms with Crippen LogP contribution >= 0.6 is 0 Å². The molecule has 0 spiro atoms. The summed E-state index contributed by atoms with van der Waals surface area (Å²) < 4.78 is 0. The Kier molecular flexibility index (Phi) is 4.02. The second-order valence-corrected chi connectivity index (χ2v) is 5.11. The summed E-state index contributed by atoms with van der Waals surface area (Å²) in [5, 5.41) is 3.40. The Morgan fingerprint density at radius 1 is 1.24 bits per heavy atom. The van der Waals surface area contributed by atoms with E-state index in [9.17, 15) is 0 Å². The molecule has 1 aromatic rings. The smallest absolute Gasteiger partial charge is 0.0412 e. The molecule has 1 aromatic carbocycles. The Hall–Kier alpha value is -1.06. The molecule has 1 saturated heterocycles. The Labute approximate surface area is 104 Å². The molecule has 0 aromatic heterocycles. The highest BCUT2D eigenvalue weighted by atomic mass is 15.2. The molecule has 2 rings (SSSR count). The van der Waals surface area contributed by atoms with Gasteiger partial charge in [-0.2, -0.15) is 0 Å². The molecule has 0 amide bonds. The second kappa shape index (κ2) is 5.52. The Morgan fingerprint density at radius 2 is 1.94 bits per heavy atom. The van der Waals surface area contributed by atoms with Gasteiger partial charge in [0.2, 0.25) is 0 Å². The molecule has 0 aliphatic carbocycles. The lowest BCUT2D eigenvalue weighted by Gasteiger charge is -2.32. The topological polar surface area (TPSA) is 18.5 Å². The van der Waals surface area contributed by atoms with Crippen molar-refractivity contribution < 1.29 is 0 Å². The minimum atomic E-state index is 1.01. The van der Waals surface area contributed by atoms with Gasteiger partial charge in [-0.25, -0.2) is 0 Å². The summed E-state index contributed by atoms with van der Waals surface area (Å²) in [5.41, 5.74) is 4.20. The summed E-state index contributed by atoms with van der Waals surface area (Å²) in [7, 11) is 4.26. The first kappa shape index (κ1) is 12.4. The third-order valence-electron chi connectivity index (χ3n) is 3.18. The van der Waals surface area contributed by atoms with Gasteiger partial charge in [-0.05, 0) is 32.6 Å². The van der Waals surface area contributed by atoms with E-state index in [1.54, 1.807) is 0 Å². The van der Waals surface area contributed by atoms with Crippen LogP contribution in [0, 0.1) is 6.92 Å². The maximum absolute atomic E-state index is 3.40. The summed E-state index contributed by atoms with van der Waals surface area (Å²) in [4.78, 5) is 4.73. The van der Waals surface area contributed by atoms with Crippen LogP contribution in [-0.2, 0) is 6.54 Å². The van der Waals surface area contributed by atoms with E-state index in [1.165, 1.54) is 16.8 Å². The van der Waals surface area contributed by atoms with Crippen LogP contribution in [-0.4, -0.2) is 45.2 Å². The van der Waals surface area contributed by atoms with Crippen LogP contribution in [0.5, 0.6) is 0 Å². The van der Waals surface area contributed by atoms with Crippen molar-refractivity contribution in [3.8, 4) is 0 Å². The highest BCUT2D eigenvalue weighted by Gasteiger charge is 2.14. The fourth-order valence-electron chi connectivity index (χ4n) is 2.40. The van der Waals surface area contributed by atoms with Gasteiger partial charge in [0, 0.05) is 38.4 Å². The molecule has 0 radical (unpaired) electrons. The summed E-state index contributed by atoms with van der Waals surface area (Å²) in [6.07, 6.45) is 0. The zero-order valence-electron chi connectivity index (χ0n) is 11.2. The lowest BCUT2D eigenvalue weighted by Crippen LogP contribution is -2.44. The first-order valence-corrected chi connectivity index (χ1v) is 6.37. The predicted octanol–water partition coefficient (Wildman–Crippen LogP) is 1.47. The highest BCUT2D eigenvalue weighted by Crippen LogP contribution is 2.23. The van der Waals surface area contributed by atoms with Crippen molar-refractivity contribution in [1.82, 2.24) is 10.2 Å². The number of piperazine rings is 1. The van der Waals surface area contributed by atoms with Gasteiger partial charge >= 0.3 is 0 Å². The first-order chi connectivity index (χ1) is 8.16. The van der Waals surface area contributed by atoms with Crippen molar-refractivity contribution in [2.45, 2.75) is 13.5 Å². The molecular formula is C14H23N3. The molecular weight excluding hydrogens is 210 g/mol. The molecule has 1 fully saturated rings. The Bertz CT molecular complexity index is 368. The van der Waals surface area contributed by atoms with E-state index in [1.807, 2.05) is 0 Å². The number of rotatable bonds is 3. The van der Waals surface area contributed by atoms with Gasteiger partial charge in [0.15, 0.2) is 0 Å². The van der Waals surface area contributed by atoms with Crippen molar-refractivity contribution in [3.63, 3.8) is 0 Å². The SMILES string of the molecule is Cc1ccc(N2CCNCC2)c(CN(C)C)c1. The molecule has 0 bridgehead atoms. The number of anilines is 1. The Morgan fingerprint density at radius 3 is 2.59 bits per heavy atom. The maximum Gasteiger partial charge on any atom is 0.0412 e. The highest BCUT2D eigenvalue weighted by molar-refractivity contribution is 5.55. The van der Waals surface area contributed by atoms with Crippen molar-refractivity contribution in [2.24, 2.45) is 0 Å². The fourth-order valence-corrected chi connectivity index (χ4v) is 2.40. The number of hydrogen-bond donors (Lipinski definition) is 1. The normalized spacial score (nSPS) is 16.6. The standard InChI is InChI=1S/C14H23N3/c1-12-4-5-14(13(10-12)11-16(2)3)17-8-6-15-7-9-17/h4-5,10,15H,6-9,11H2,1-3H3. The van der Waals surface area contributed by atoms with E-state index < -0.39 is 0 Å². The molecule has 0 atom stereocenters. The number of nitrogens with zero attached hydrogens (tertiary/aromatic N) is 2. The minimum absolute atomic E-state index is 1.01. The van der Waals surface area contributed by atoms with Crippen LogP contribution < -0.4 is 10.2 Å². The molecule has 3 heteroatoms. The van der Waals surface area contributed by atoms with Crippen molar-refractivity contribution in [3.05, 3.63) is 29.3 Å². The fraction of sp³-hybridized carbons (Fsp3) is 0.571. The van der Waals surface area contributed by atoms with Gasteiger partial charge in [-0.3, -0.25) is 0 Å². The quantitative estimate of drug-likeness (QED) is 0.853. The average Bonchev–Trinajstić information content (AvgIpc) is 2.29. The van der Waals surface area contributed by atoms with E-state index in [4.69, 9.17) is 0 Å². The van der Waals surface area contributed by atoms with Crippen molar-refractivity contribution in [2.75, 3.05) is 45.2 Å². The lowest BCUT2D eigenvalue weighted by molar-refractivity contribution is 0.402. The van der Waals surface area contributed by atoms with Gasteiger partial charge < -0.3 is 15.1 Å². The lowest BCUT2D eigenvalue weighted by atomic mass is 10.1. The van der Waals surface area contributed by atoms with Gasteiger partial charge in [-0.15, -0.1) is 0 Å². The minimum Gasteiger partial charge on any atom is -0.369 e. The Balaban J connectivity index is 2.24. The molecule has 94 valence electrons. The van der Waals surface area contributed by atoms with Gasteiger partial charge in [0.1, 0.15) is 0 Å². The third kappa shape index (κ3) is 3.20. The van der Waals surface area contributed by atoms with E-state index in [2.05, 4.69) is 54.3 Å². The third-order valence-corrected chi connectivity index (χ3v) is 3.18. The molecule has 17 heavy (non-hydrogen) atoms. The number of nitrogens with one attached hydrogen (secondary N) is 1. The number of hydrogen-bond acceptors (Lipinski definition) is 3. The molecule has 0 saturated carbocycles. The summed E-state index contributed by atoms with van der Waals surface area (Å²) in [6, 6.07) is 6.81. The first-order valence-electron chi connectivity index (χ1n) is 6.37. The number of aryl methyl sites for hydroxylation is 1. The summed E-state index contributed by atoms with van der Waals surface area (Å²) in [6.45, 7) is 7.60. The summed E-state index contributed by atoms with van der Waals surface area (Å²) >= 11 is 0. The van der Waals surface area contributed by atoms with Crippen LogP contribution in [0.3, 0.4) is 0 Å². The molecule has 0 unspecified atom stereocenters. The molecule has 1 aliphatic rings. The van der Waals surface area contributed by atoms with Crippen LogP contribution in [0.2, 0.25) is 0 Å². The van der Waals surface area contributed by atoms with E-state index >= 15 is 0 Å². The van der Waals surface area contributed by atoms with E-state index in [0.29, 0.717) is 0 Å². The van der Waals surface area contributed by atoms with E-state index in [0.717, 1.165) is 32.7 Å². The maximum atomic E-state index is 3.40. The van der Waals surface area contributed by atoms with Crippen LogP contribution in [0.25, 0.3) is 0 Å². The molecule has 1 N–H and O–H groups in total. The number of benzene rings is 1. The van der Waals surface area contributed by atoms with Crippen LogP contribution in [0.4, 0.5) is 5.69 Å². The molecule has 1 aliphatic heterocycles. The zero-order valence-corrected chi connectivity index (χ0v) is 11.2. The van der Waals surface area contributed by atoms with Crippen LogP contribution in [0.15, 0.2) is 18.2 Å². The monoisotopic (exact) mass is 233 g/mol. The average molecular weight is 233 g/mol. The van der Waals surface area contributed by atoms with Crippen molar-refractivity contribution in [1.29, 1.82) is 0 Å². The predicted molar refractivity (Wildman–Crippen MR) is 73.7 cm³/mol. The second-order valence-electron chi connectivity index (χ2n) is 5.11. The van der Waals surface area contributed by atoms with E-state index in [-0.39, 0.29) is 0 Å².